The van der Waals surface area contributed by atoms with Crippen molar-refractivity contribution in [2.24, 2.45) is 5.73 Å². The third-order valence-electron chi connectivity index (χ3n) is 3.91. The van der Waals surface area contributed by atoms with E-state index in [-0.39, 0.29) is 11.9 Å². The lowest BCUT2D eigenvalue weighted by molar-refractivity contribution is -0.144. The molecule has 0 bridgehead atoms. The second kappa shape index (κ2) is 5.24. The number of ether oxygens (including phenoxy) is 1. The first-order chi connectivity index (χ1) is 8.55. The van der Waals surface area contributed by atoms with Crippen molar-refractivity contribution in [3.63, 3.8) is 0 Å². The molecule has 1 heterocycles. The molecule has 0 spiro atoms. The highest BCUT2D eigenvalue weighted by Gasteiger charge is 2.43. The van der Waals surface area contributed by atoms with Crippen LogP contribution in [0.4, 0.5) is 0 Å². The summed E-state index contributed by atoms with van der Waals surface area (Å²) in [6, 6.07) is 0. The van der Waals surface area contributed by atoms with Crippen LogP contribution in [0, 0.1) is 0 Å². The first kappa shape index (κ1) is 13.3. The Balaban J connectivity index is 1.79. The van der Waals surface area contributed by atoms with Gasteiger partial charge in [-0.15, -0.1) is 0 Å². The molecule has 0 aromatic carbocycles. The van der Waals surface area contributed by atoms with E-state index >= 15 is 0 Å². The van der Waals surface area contributed by atoms with Gasteiger partial charge in [0.05, 0.1) is 19.2 Å². The van der Waals surface area contributed by atoms with Gasteiger partial charge in [0.15, 0.2) is 0 Å². The minimum Gasteiger partial charge on any atom is -0.468 e. The molecule has 0 atom stereocenters. The van der Waals surface area contributed by atoms with E-state index in [9.17, 15) is 9.59 Å². The molecule has 1 amide bonds. The maximum Gasteiger partial charge on any atom is 0.319 e. The number of amides is 1. The molecule has 2 N–H and O–H groups in total. The Hall–Kier alpha value is -1.14. The predicted octanol–water partition coefficient (Wildman–Crippen LogP) is -0.815. The number of esters is 1. The first-order valence-electron chi connectivity index (χ1n) is 6.42. The fourth-order valence-electron chi connectivity index (χ4n) is 2.44. The lowest BCUT2D eigenvalue weighted by atomic mass is 9.76. The maximum absolute atomic E-state index is 12.2. The lowest BCUT2D eigenvalue weighted by Crippen LogP contribution is -2.62. The van der Waals surface area contributed by atoms with Crippen LogP contribution in [0.25, 0.3) is 0 Å². The highest BCUT2D eigenvalue weighted by Crippen LogP contribution is 2.31. The molecular weight excluding hydrogens is 234 g/mol. The van der Waals surface area contributed by atoms with Gasteiger partial charge in [-0.3, -0.25) is 14.5 Å². The second-order valence-electron chi connectivity index (χ2n) is 5.15. The van der Waals surface area contributed by atoms with Crippen LogP contribution in [0.1, 0.15) is 19.3 Å². The largest absolute Gasteiger partial charge is 0.468 e. The third-order valence-corrected chi connectivity index (χ3v) is 3.91. The Morgan fingerprint density at radius 1 is 1.22 bits per heavy atom. The van der Waals surface area contributed by atoms with E-state index in [4.69, 9.17) is 5.73 Å². The molecule has 1 saturated carbocycles. The maximum atomic E-state index is 12.2. The fraction of sp³-hybridized carbons (Fsp3) is 0.833. The molecule has 0 radical (unpaired) electrons. The highest BCUT2D eigenvalue weighted by molar-refractivity contribution is 5.87. The van der Waals surface area contributed by atoms with Crippen molar-refractivity contribution >= 4 is 11.9 Å². The van der Waals surface area contributed by atoms with Gasteiger partial charge in [0.1, 0.15) is 0 Å². The molecule has 0 aromatic rings. The van der Waals surface area contributed by atoms with E-state index in [0.717, 1.165) is 19.3 Å². The van der Waals surface area contributed by atoms with Crippen LogP contribution in [0.5, 0.6) is 0 Å². The van der Waals surface area contributed by atoms with Gasteiger partial charge in [0.2, 0.25) is 5.91 Å². The van der Waals surface area contributed by atoms with E-state index in [1.165, 1.54) is 7.11 Å². The summed E-state index contributed by atoms with van der Waals surface area (Å²) in [7, 11) is 1.39. The van der Waals surface area contributed by atoms with E-state index in [2.05, 4.69) is 4.74 Å². The number of methoxy groups -OCH3 is 1. The van der Waals surface area contributed by atoms with E-state index in [1.54, 1.807) is 0 Å². The van der Waals surface area contributed by atoms with Gasteiger partial charge in [0, 0.05) is 26.2 Å². The molecule has 6 nitrogen and oxygen atoms in total. The minimum atomic E-state index is -0.607. The Morgan fingerprint density at radius 3 is 2.28 bits per heavy atom. The number of piperazine rings is 1. The van der Waals surface area contributed by atoms with Gasteiger partial charge >= 0.3 is 5.97 Å². The van der Waals surface area contributed by atoms with Crippen LogP contribution in [-0.2, 0) is 14.3 Å². The van der Waals surface area contributed by atoms with Crippen molar-refractivity contribution in [3.05, 3.63) is 0 Å². The standard InChI is InChI=1S/C12H21N3O3/c1-18-10(16)9-14-5-7-15(8-6-14)11(17)12(13)3-2-4-12/h2-9,13H2,1H3. The Morgan fingerprint density at radius 2 is 1.83 bits per heavy atom. The zero-order chi connectivity index (χ0) is 13.2. The predicted molar refractivity (Wildman–Crippen MR) is 65.8 cm³/mol. The van der Waals surface area contributed by atoms with Crippen LogP contribution in [0.2, 0.25) is 0 Å². The summed E-state index contributed by atoms with van der Waals surface area (Å²) in [5, 5.41) is 0. The van der Waals surface area contributed by atoms with E-state index in [0.29, 0.717) is 32.7 Å². The number of rotatable bonds is 3. The Bertz CT molecular complexity index is 333. The summed E-state index contributed by atoms with van der Waals surface area (Å²) >= 11 is 0. The molecule has 2 fully saturated rings. The van der Waals surface area contributed by atoms with Gasteiger partial charge in [-0.25, -0.2) is 0 Å². The van der Waals surface area contributed by atoms with Crippen LogP contribution >= 0.6 is 0 Å². The van der Waals surface area contributed by atoms with Gasteiger partial charge in [-0.05, 0) is 19.3 Å². The lowest BCUT2D eigenvalue weighted by Gasteiger charge is -2.43. The second-order valence-corrected chi connectivity index (χ2v) is 5.15. The SMILES string of the molecule is COC(=O)CN1CCN(C(=O)C2(N)CCC2)CC1. The van der Waals surface area contributed by atoms with Crippen LogP contribution < -0.4 is 5.73 Å². The number of nitrogens with two attached hydrogens (primary N) is 1. The van der Waals surface area contributed by atoms with Crippen molar-refractivity contribution < 1.29 is 14.3 Å². The normalized spacial score (nSPS) is 23.3. The van der Waals surface area contributed by atoms with Gasteiger partial charge in [-0.2, -0.15) is 0 Å². The molecule has 2 aliphatic rings. The molecule has 18 heavy (non-hydrogen) atoms. The summed E-state index contributed by atoms with van der Waals surface area (Å²) in [5.74, 6) is -0.157. The van der Waals surface area contributed by atoms with E-state index < -0.39 is 5.54 Å². The van der Waals surface area contributed by atoms with Gasteiger partial charge < -0.3 is 15.4 Å². The summed E-state index contributed by atoms with van der Waals surface area (Å²) in [6.07, 6.45) is 2.65. The molecule has 0 unspecified atom stereocenters. The van der Waals surface area contributed by atoms with Crippen molar-refractivity contribution in [1.82, 2.24) is 9.80 Å². The third kappa shape index (κ3) is 2.64. The van der Waals surface area contributed by atoms with Crippen LogP contribution in [-0.4, -0.2) is 67.0 Å². The number of carbonyl (C=O) groups is 2. The zero-order valence-electron chi connectivity index (χ0n) is 10.9. The topological polar surface area (TPSA) is 75.9 Å². The molecule has 0 aromatic heterocycles. The summed E-state index contributed by atoms with van der Waals surface area (Å²) in [4.78, 5) is 27.1. The molecular formula is C12H21N3O3. The fourth-order valence-corrected chi connectivity index (χ4v) is 2.44. The molecule has 1 aliphatic heterocycles. The van der Waals surface area contributed by atoms with Crippen molar-refractivity contribution in [2.45, 2.75) is 24.8 Å². The van der Waals surface area contributed by atoms with Crippen molar-refractivity contribution in [2.75, 3.05) is 39.8 Å². The number of nitrogens with zero attached hydrogens (tertiary/aromatic N) is 2. The molecule has 2 rings (SSSR count). The summed E-state index contributed by atoms with van der Waals surface area (Å²) < 4.78 is 4.63. The van der Waals surface area contributed by atoms with Gasteiger partial charge in [-0.1, -0.05) is 0 Å². The monoisotopic (exact) mass is 255 g/mol. The average molecular weight is 255 g/mol. The van der Waals surface area contributed by atoms with Gasteiger partial charge in [0.25, 0.3) is 0 Å². The summed E-state index contributed by atoms with van der Waals surface area (Å²) in [6.45, 7) is 3.00. The molecule has 1 aliphatic carbocycles. The molecule has 1 saturated heterocycles. The van der Waals surface area contributed by atoms with Crippen LogP contribution in [0.15, 0.2) is 0 Å². The Labute approximate surface area is 107 Å². The molecule has 102 valence electrons. The quantitative estimate of drug-likeness (QED) is 0.667. The highest BCUT2D eigenvalue weighted by atomic mass is 16.5. The van der Waals surface area contributed by atoms with Crippen LogP contribution in [0.3, 0.4) is 0 Å². The minimum absolute atomic E-state index is 0.0754. The number of hydrogen-bond donors (Lipinski definition) is 1. The smallest absolute Gasteiger partial charge is 0.319 e. The number of carbonyl (C=O) groups excluding carboxylic acids is 2. The van der Waals surface area contributed by atoms with Crippen molar-refractivity contribution in [1.29, 1.82) is 0 Å². The average Bonchev–Trinajstić information content (AvgIpc) is 2.36. The van der Waals surface area contributed by atoms with E-state index in [1.807, 2.05) is 9.80 Å². The molecule has 6 heteroatoms. The number of hydrogen-bond acceptors (Lipinski definition) is 5. The Kier molecular flexibility index (Phi) is 3.87. The van der Waals surface area contributed by atoms with Crippen molar-refractivity contribution in [3.8, 4) is 0 Å². The first-order valence-corrected chi connectivity index (χ1v) is 6.42. The summed E-state index contributed by atoms with van der Waals surface area (Å²) in [5.41, 5.74) is 5.43. The zero-order valence-corrected chi connectivity index (χ0v) is 10.9.